The Labute approximate surface area is 227 Å². The van der Waals surface area contributed by atoms with Gasteiger partial charge in [-0.15, -0.1) is 0 Å². The summed E-state index contributed by atoms with van der Waals surface area (Å²) in [7, 11) is 2.15. The number of hydrogen-bond acceptors (Lipinski definition) is 2. The number of para-hydroxylation sites is 1. The van der Waals surface area contributed by atoms with Crippen molar-refractivity contribution in [2.24, 2.45) is 7.05 Å². The number of benzene rings is 4. The number of hydrogen-bond donors (Lipinski definition) is 1. The van der Waals surface area contributed by atoms with Gasteiger partial charge in [0.25, 0.3) is 0 Å². The van der Waals surface area contributed by atoms with Crippen molar-refractivity contribution < 1.29 is 0 Å². The van der Waals surface area contributed by atoms with Crippen molar-refractivity contribution in [1.82, 2.24) is 9.55 Å². The molecule has 1 unspecified atom stereocenters. The van der Waals surface area contributed by atoms with Gasteiger partial charge in [-0.05, 0) is 28.5 Å². The molecule has 0 spiro atoms. The van der Waals surface area contributed by atoms with E-state index in [-0.39, 0.29) is 6.04 Å². The first-order valence-electron chi connectivity index (χ1n) is 13.6. The Hall–Kier alpha value is -4.11. The third-order valence-electron chi connectivity index (χ3n) is 7.28. The summed E-state index contributed by atoms with van der Waals surface area (Å²) >= 11 is 0. The first kappa shape index (κ1) is 25.5. The largest absolute Gasteiger partial charge is 0.371 e. The van der Waals surface area contributed by atoms with E-state index in [1.807, 2.05) is 0 Å². The zero-order valence-corrected chi connectivity index (χ0v) is 23.0. The second-order valence-electron chi connectivity index (χ2n) is 10.6. The Morgan fingerprint density at radius 1 is 0.605 bits per heavy atom. The van der Waals surface area contributed by atoms with E-state index in [9.17, 15) is 0 Å². The van der Waals surface area contributed by atoms with Crippen molar-refractivity contribution in [1.29, 1.82) is 0 Å². The second-order valence-corrected chi connectivity index (χ2v) is 10.6. The minimum absolute atomic E-state index is 0.126. The number of nitrogens with one attached hydrogen (secondary N) is 1. The molecule has 1 aromatic heterocycles. The maximum Gasteiger partial charge on any atom is 0.136 e. The average molecular weight is 500 g/mol. The summed E-state index contributed by atoms with van der Waals surface area (Å²) in [6.07, 6.45) is 0. The Kier molecular flexibility index (Phi) is 7.46. The summed E-state index contributed by atoms with van der Waals surface area (Å²) in [5.41, 5.74) is 9.46. The molecule has 0 fully saturated rings. The Morgan fingerprint density at radius 3 is 1.63 bits per heavy atom. The van der Waals surface area contributed by atoms with Crippen LogP contribution in [0.2, 0.25) is 0 Å². The predicted molar refractivity (Wildman–Crippen MR) is 161 cm³/mol. The first-order valence-corrected chi connectivity index (χ1v) is 13.6. The van der Waals surface area contributed by atoms with Crippen molar-refractivity contribution in [3.05, 3.63) is 132 Å². The lowest BCUT2D eigenvalue weighted by atomic mass is 9.91. The van der Waals surface area contributed by atoms with E-state index in [1.165, 1.54) is 22.4 Å². The molecule has 4 aromatic carbocycles. The van der Waals surface area contributed by atoms with Crippen LogP contribution in [0.1, 0.15) is 68.1 Å². The summed E-state index contributed by atoms with van der Waals surface area (Å²) < 4.78 is 2.27. The standard InChI is InChI=1S/C35H37N3/c1-24(2)29-22-15-23-30(25(3)4)33(29)36-32(27-18-11-7-12-19-27)35-37-31(26-16-9-6-10-17-26)34(38(35)5)28-20-13-8-14-21-28/h6-25,32,36H,1-5H3. The number of aromatic nitrogens is 2. The molecule has 0 bridgehead atoms. The number of imidazole rings is 1. The number of rotatable bonds is 8. The van der Waals surface area contributed by atoms with Crippen LogP contribution in [0, 0.1) is 0 Å². The molecule has 0 radical (unpaired) electrons. The summed E-state index contributed by atoms with van der Waals surface area (Å²) in [5, 5.41) is 4.01. The monoisotopic (exact) mass is 499 g/mol. The summed E-state index contributed by atoms with van der Waals surface area (Å²) in [6, 6.07) is 38.4. The molecule has 5 aromatic rings. The molecule has 192 valence electrons. The van der Waals surface area contributed by atoms with Gasteiger partial charge in [0.05, 0.1) is 11.4 Å². The number of nitrogens with zero attached hydrogens (tertiary/aromatic N) is 2. The zero-order valence-electron chi connectivity index (χ0n) is 23.0. The van der Waals surface area contributed by atoms with Crippen LogP contribution in [-0.2, 0) is 7.05 Å². The van der Waals surface area contributed by atoms with Crippen LogP contribution in [0.25, 0.3) is 22.5 Å². The van der Waals surface area contributed by atoms with Gasteiger partial charge in [-0.1, -0.05) is 137 Å². The normalized spacial score (nSPS) is 12.2. The van der Waals surface area contributed by atoms with Crippen molar-refractivity contribution in [3.63, 3.8) is 0 Å². The number of anilines is 1. The topological polar surface area (TPSA) is 29.9 Å². The van der Waals surface area contributed by atoms with Crippen LogP contribution >= 0.6 is 0 Å². The maximum atomic E-state index is 5.38. The molecule has 0 aliphatic rings. The average Bonchev–Trinajstić information content (AvgIpc) is 3.29. The molecular weight excluding hydrogens is 462 g/mol. The van der Waals surface area contributed by atoms with E-state index in [2.05, 4.69) is 154 Å². The van der Waals surface area contributed by atoms with Gasteiger partial charge >= 0.3 is 0 Å². The molecule has 0 saturated carbocycles. The van der Waals surface area contributed by atoms with E-state index < -0.39 is 0 Å². The van der Waals surface area contributed by atoms with Crippen LogP contribution in [0.4, 0.5) is 5.69 Å². The maximum absolute atomic E-state index is 5.38. The Balaban J connectivity index is 1.74. The summed E-state index contributed by atoms with van der Waals surface area (Å²) in [5.74, 6) is 1.78. The molecule has 0 aliphatic carbocycles. The van der Waals surface area contributed by atoms with Crippen LogP contribution < -0.4 is 5.32 Å². The molecule has 3 nitrogen and oxygen atoms in total. The zero-order chi connectivity index (χ0) is 26.6. The van der Waals surface area contributed by atoms with E-state index in [0.29, 0.717) is 11.8 Å². The van der Waals surface area contributed by atoms with Crippen molar-refractivity contribution in [2.75, 3.05) is 5.32 Å². The third-order valence-corrected chi connectivity index (χ3v) is 7.28. The molecule has 1 heterocycles. The molecule has 0 aliphatic heterocycles. The minimum Gasteiger partial charge on any atom is -0.371 e. The lowest BCUT2D eigenvalue weighted by Crippen LogP contribution is -2.19. The quantitative estimate of drug-likeness (QED) is 0.231. The smallest absolute Gasteiger partial charge is 0.136 e. The predicted octanol–water partition coefficient (Wildman–Crippen LogP) is 9.20. The van der Waals surface area contributed by atoms with Crippen LogP contribution in [0.3, 0.4) is 0 Å². The van der Waals surface area contributed by atoms with Gasteiger partial charge in [-0.2, -0.15) is 0 Å². The molecule has 1 N–H and O–H groups in total. The Bertz CT molecular complexity index is 1460. The Morgan fingerprint density at radius 2 is 1.11 bits per heavy atom. The van der Waals surface area contributed by atoms with Gasteiger partial charge < -0.3 is 9.88 Å². The lowest BCUT2D eigenvalue weighted by Gasteiger charge is -2.27. The van der Waals surface area contributed by atoms with Gasteiger partial charge in [0.15, 0.2) is 0 Å². The highest BCUT2D eigenvalue weighted by Gasteiger charge is 2.27. The molecule has 0 amide bonds. The van der Waals surface area contributed by atoms with Crippen molar-refractivity contribution >= 4 is 5.69 Å². The lowest BCUT2D eigenvalue weighted by molar-refractivity contribution is 0.743. The summed E-state index contributed by atoms with van der Waals surface area (Å²) in [6.45, 7) is 9.07. The third kappa shape index (κ3) is 5.02. The highest BCUT2D eigenvalue weighted by atomic mass is 15.1. The fraction of sp³-hybridized carbons (Fsp3) is 0.229. The molecule has 0 saturated heterocycles. The SMILES string of the molecule is CC(C)c1cccc(C(C)C)c1NC(c1ccccc1)c1nc(-c2ccccc2)c(-c2ccccc2)n1C. The van der Waals surface area contributed by atoms with Crippen LogP contribution in [0.5, 0.6) is 0 Å². The van der Waals surface area contributed by atoms with Gasteiger partial charge in [-0.25, -0.2) is 4.98 Å². The highest BCUT2D eigenvalue weighted by Crippen LogP contribution is 2.39. The minimum atomic E-state index is -0.126. The fourth-order valence-electron chi connectivity index (χ4n) is 5.30. The van der Waals surface area contributed by atoms with E-state index in [1.54, 1.807) is 0 Å². The van der Waals surface area contributed by atoms with E-state index in [4.69, 9.17) is 4.98 Å². The van der Waals surface area contributed by atoms with Crippen LogP contribution in [0.15, 0.2) is 109 Å². The van der Waals surface area contributed by atoms with Crippen molar-refractivity contribution in [2.45, 2.75) is 45.6 Å². The van der Waals surface area contributed by atoms with Gasteiger partial charge in [0.2, 0.25) is 0 Å². The van der Waals surface area contributed by atoms with Gasteiger partial charge in [-0.3, -0.25) is 0 Å². The first-order chi connectivity index (χ1) is 18.5. The van der Waals surface area contributed by atoms with E-state index >= 15 is 0 Å². The van der Waals surface area contributed by atoms with Gasteiger partial charge in [0, 0.05) is 23.9 Å². The van der Waals surface area contributed by atoms with Gasteiger partial charge in [0.1, 0.15) is 11.9 Å². The van der Waals surface area contributed by atoms with Crippen LogP contribution in [-0.4, -0.2) is 9.55 Å². The highest BCUT2D eigenvalue weighted by molar-refractivity contribution is 5.79. The molecular formula is C35H37N3. The molecule has 3 heteroatoms. The molecule has 1 atom stereocenters. The molecule has 5 rings (SSSR count). The summed E-state index contributed by atoms with van der Waals surface area (Å²) in [4.78, 5) is 5.38. The van der Waals surface area contributed by atoms with Crippen molar-refractivity contribution in [3.8, 4) is 22.5 Å². The second kappa shape index (κ2) is 11.1. The fourth-order valence-corrected chi connectivity index (χ4v) is 5.30. The van der Waals surface area contributed by atoms with E-state index in [0.717, 1.165) is 28.3 Å². The molecule has 38 heavy (non-hydrogen) atoms.